The number of carbonyl (C=O) groups is 1. The number of furan rings is 1. The maximum Gasteiger partial charge on any atom is 1.00 e. The van der Waals surface area contributed by atoms with Crippen LogP contribution in [0.1, 0.15) is 5.56 Å². The number of fused-ring (bicyclic) bond motifs is 1. The Hall–Kier alpha value is -1.82. The first kappa shape index (κ1) is 15.6. The van der Waals surface area contributed by atoms with Crippen molar-refractivity contribution in [3.63, 3.8) is 0 Å². The fourth-order valence-corrected chi connectivity index (χ4v) is 2.08. The van der Waals surface area contributed by atoms with E-state index < -0.39 is 5.97 Å². The van der Waals surface area contributed by atoms with Gasteiger partial charge in [0.15, 0.2) is 5.43 Å². The molecule has 2 heterocycles. The smallest absolute Gasteiger partial charge is 0.550 e. The third-order valence-electron chi connectivity index (χ3n) is 2.98. The van der Waals surface area contributed by atoms with Crippen molar-refractivity contribution in [2.24, 2.45) is 0 Å². The molecule has 0 bridgehead atoms. The summed E-state index contributed by atoms with van der Waals surface area (Å²) in [5.41, 5.74) is 1.06. The number of aliphatic carboxylic acids is 1. The summed E-state index contributed by atoms with van der Waals surface area (Å²) in [5, 5.41) is 11.1. The van der Waals surface area contributed by atoms with Crippen LogP contribution in [-0.2, 0) is 11.2 Å². The topological polar surface area (TPSA) is 83.5 Å². The molecule has 1 aromatic carbocycles. The van der Waals surface area contributed by atoms with E-state index in [1.807, 2.05) is 0 Å². The van der Waals surface area contributed by atoms with Crippen molar-refractivity contribution >= 4 is 16.9 Å². The average molecular weight is 292 g/mol. The van der Waals surface area contributed by atoms with Crippen LogP contribution in [0.5, 0.6) is 0 Å². The number of rotatable bonds is 3. The number of para-hydroxylation sites is 1. The van der Waals surface area contributed by atoms with Crippen LogP contribution >= 0.6 is 0 Å². The van der Waals surface area contributed by atoms with Crippen LogP contribution in [0.2, 0.25) is 0 Å². The molecule has 0 spiro atoms. The van der Waals surface area contributed by atoms with Crippen LogP contribution in [0.25, 0.3) is 22.3 Å². The van der Waals surface area contributed by atoms with E-state index in [9.17, 15) is 14.7 Å². The van der Waals surface area contributed by atoms with Crippen LogP contribution in [0.4, 0.5) is 0 Å². The maximum atomic E-state index is 12.1. The summed E-state index contributed by atoms with van der Waals surface area (Å²) >= 11 is 0. The van der Waals surface area contributed by atoms with Gasteiger partial charge in [0.1, 0.15) is 17.6 Å². The zero-order chi connectivity index (χ0) is 14.1. The predicted molar refractivity (Wildman–Crippen MR) is 68.9 cm³/mol. The molecule has 3 aromatic rings. The fraction of sp³-hybridized carbons (Fsp3) is 0.0667. The molecular formula is C15H9NaO5. The molecule has 0 N–H and O–H groups in total. The van der Waals surface area contributed by atoms with Gasteiger partial charge < -0.3 is 18.7 Å². The molecule has 0 aliphatic carbocycles. The quantitative estimate of drug-likeness (QED) is 0.540. The number of hydrogen-bond donors (Lipinski definition) is 0. The van der Waals surface area contributed by atoms with Gasteiger partial charge in [-0.1, -0.05) is 12.1 Å². The summed E-state index contributed by atoms with van der Waals surface area (Å²) in [4.78, 5) is 22.8. The van der Waals surface area contributed by atoms with E-state index in [-0.39, 0.29) is 47.0 Å². The Bertz CT molecular complexity index is 833. The molecule has 2 aromatic heterocycles. The summed E-state index contributed by atoms with van der Waals surface area (Å²) < 4.78 is 10.6. The maximum absolute atomic E-state index is 12.1. The first-order valence-electron chi connectivity index (χ1n) is 5.93. The first-order valence-corrected chi connectivity index (χ1v) is 5.93. The fourth-order valence-electron chi connectivity index (χ4n) is 2.08. The summed E-state index contributed by atoms with van der Waals surface area (Å²) in [5.74, 6) is -0.893. The largest absolute Gasteiger partial charge is 1.00 e. The zero-order valence-corrected chi connectivity index (χ0v) is 13.3. The molecule has 0 saturated heterocycles. The molecule has 0 saturated carbocycles. The molecule has 0 radical (unpaired) electrons. The van der Waals surface area contributed by atoms with Gasteiger partial charge in [-0.15, -0.1) is 0 Å². The molecule has 5 nitrogen and oxygen atoms in total. The molecule has 0 aliphatic heterocycles. The van der Waals surface area contributed by atoms with Crippen LogP contribution in [-0.4, -0.2) is 5.97 Å². The first-order chi connectivity index (χ1) is 9.65. The van der Waals surface area contributed by atoms with Crippen molar-refractivity contribution in [1.29, 1.82) is 0 Å². The summed E-state index contributed by atoms with van der Waals surface area (Å²) in [6.07, 6.45) is 2.60. The summed E-state index contributed by atoms with van der Waals surface area (Å²) in [7, 11) is 0. The van der Waals surface area contributed by atoms with Crippen LogP contribution in [0, 0.1) is 0 Å². The van der Waals surface area contributed by atoms with E-state index in [1.54, 1.807) is 24.3 Å². The molecule has 3 rings (SSSR count). The zero-order valence-electron chi connectivity index (χ0n) is 11.3. The third kappa shape index (κ3) is 3.10. The number of carboxylic acid groups (broad SMARTS) is 1. The van der Waals surface area contributed by atoms with Gasteiger partial charge in [-0.25, -0.2) is 0 Å². The van der Waals surface area contributed by atoms with Crippen molar-refractivity contribution in [2.75, 3.05) is 0 Å². The Morgan fingerprint density at radius 3 is 2.71 bits per heavy atom. The minimum absolute atomic E-state index is 0. The van der Waals surface area contributed by atoms with E-state index >= 15 is 0 Å². The minimum atomic E-state index is -1.23. The van der Waals surface area contributed by atoms with Gasteiger partial charge >= 0.3 is 29.6 Å². The van der Waals surface area contributed by atoms with E-state index in [2.05, 4.69) is 0 Å². The molecule has 0 amide bonds. The molecule has 21 heavy (non-hydrogen) atoms. The van der Waals surface area contributed by atoms with Gasteiger partial charge in [-0.05, 0) is 12.1 Å². The minimum Gasteiger partial charge on any atom is -0.550 e. The Kier molecular flexibility index (Phi) is 4.67. The molecule has 0 aliphatic rings. The van der Waals surface area contributed by atoms with Crippen molar-refractivity contribution in [3.05, 3.63) is 58.6 Å². The van der Waals surface area contributed by atoms with Gasteiger partial charge in [0.2, 0.25) is 0 Å². The average Bonchev–Trinajstić information content (AvgIpc) is 2.93. The van der Waals surface area contributed by atoms with Gasteiger partial charge in [-0.2, -0.15) is 0 Å². The van der Waals surface area contributed by atoms with Crippen LogP contribution < -0.4 is 40.1 Å². The van der Waals surface area contributed by atoms with Crippen molar-refractivity contribution in [2.45, 2.75) is 6.42 Å². The third-order valence-corrected chi connectivity index (χ3v) is 2.98. The van der Waals surface area contributed by atoms with Crippen LogP contribution in [0.3, 0.4) is 0 Å². The van der Waals surface area contributed by atoms with Gasteiger partial charge in [0.05, 0.1) is 17.2 Å². The van der Waals surface area contributed by atoms with Gasteiger partial charge in [-0.3, -0.25) is 4.79 Å². The van der Waals surface area contributed by atoms with Crippen molar-refractivity contribution < 1.29 is 48.3 Å². The molecule has 6 heteroatoms. The monoisotopic (exact) mass is 292 g/mol. The predicted octanol–water partition coefficient (Wildman–Crippen LogP) is -1.65. The Balaban J connectivity index is 0.00000161. The van der Waals surface area contributed by atoms with E-state index in [0.29, 0.717) is 22.3 Å². The number of benzene rings is 1. The normalized spacial score (nSPS) is 10.3. The Morgan fingerprint density at radius 2 is 2.05 bits per heavy atom. The second-order valence-corrected chi connectivity index (χ2v) is 4.33. The van der Waals surface area contributed by atoms with E-state index in [1.165, 1.54) is 18.6 Å². The summed E-state index contributed by atoms with van der Waals surface area (Å²) in [6.45, 7) is 0. The number of carboxylic acids is 1. The Morgan fingerprint density at radius 1 is 1.24 bits per heavy atom. The molecule has 0 unspecified atom stereocenters. The van der Waals surface area contributed by atoms with Crippen LogP contribution in [0.15, 0.2) is 56.5 Å². The van der Waals surface area contributed by atoms with Crippen molar-refractivity contribution in [3.8, 4) is 11.3 Å². The molecule has 0 atom stereocenters. The van der Waals surface area contributed by atoms with E-state index in [4.69, 9.17) is 8.83 Å². The number of carbonyl (C=O) groups excluding carboxylic acids is 1. The second-order valence-electron chi connectivity index (χ2n) is 4.33. The Labute approximate surface area is 141 Å². The van der Waals surface area contributed by atoms with Gasteiger partial charge in [0.25, 0.3) is 0 Å². The molecule has 0 fully saturated rings. The second kappa shape index (κ2) is 6.30. The molecular weight excluding hydrogens is 283 g/mol. The summed E-state index contributed by atoms with van der Waals surface area (Å²) in [6, 6.07) is 7.83. The SMILES string of the molecule is O=C([O-])Cc1cccc2c(=O)cc(-c3ccoc3)oc12.[Na+]. The van der Waals surface area contributed by atoms with E-state index in [0.717, 1.165) is 0 Å². The van der Waals surface area contributed by atoms with Crippen molar-refractivity contribution in [1.82, 2.24) is 0 Å². The standard InChI is InChI=1S/C15H10O5.Na/c16-12-7-13(10-4-5-19-8-10)20-15-9(6-14(17)18)2-1-3-11(12)15;/h1-5,7-8H,6H2,(H,17,18);/q;+1/p-1. The van der Waals surface area contributed by atoms with Gasteiger partial charge in [0, 0.05) is 24.0 Å². The number of hydrogen-bond acceptors (Lipinski definition) is 5. The molecule has 100 valence electrons.